The first-order valence-electron chi connectivity index (χ1n) is 6.90. The lowest BCUT2D eigenvalue weighted by Gasteiger charge is -2.08. The van der Waals surface area contributed by atoms with Crippen molar-refractivity contribution in [3.8, 4) is 0 Å². The second-order valence-electron chi connectivity index (χ2n) is 4.78. The fourth-order valence-corrected chi connectivity index (χ4v) is 4.00. The summed E-state index contributed by atoms with van der Waals surface area (Å²) in [5.41, 5.74) is 4.32. The molecular formula is C16H11N5S2. The first-order valence-corrected chi connectivity index (χ1v) is 8.59. The van der Waals surface area contributed by atoms with Crippen molar-refractivity contribution >= 4 is 51.1 Å². The molecule has 0 saturated carbocycles. The van der Waals surface area contributed by atoms with E-state index in [1.165, 1.54) is 11.3 Å². The summed E-state index contributed by atoms with van der Waals surface area (Å²) in [6, 6.07) is 10.2. The molecule has 5 nitrogen and oxygen atoms in total. The average Bonchev–Trinajstić information content (AvgIpc) is 3.08. The van der Waals surface area contributed by atoms with Gasteiger partial charge < -0.3 is 0 Å². The Bertz CT molecular complexity index is 1010. The van der Waals surface area contributed by atoms with Gasteiger partial charge in [-0.05, 0) is 12.1 Å². The number of aromatic nitrogens is 4. The smallest absolute Gasteiger partial charge is 0.178 e. The molecule has 4 aromatic rings. The third-order valence-electron chi connectivity index (χ3n) is 3.33. The number of fused-ring (bicyclic) bond motifs is 3. The van der Waals surface area contributed by atoms with Crippen molar-refractivity contribution in [2.75, 3.05) is 7.05 Å². The van der Waals surface area contributed by atoms with Crippen LogP contribution in [-0.4, -0.2) is 33.4 Å². The van der Waals surface area contributed by atoms with Crippen LogP contribution in [0.15, 0.2) is 56.3 Å². The highest BCUT2D eigenvalue weighted by atomic mass is 32.2. The number of nitrogens with zero attached hydrogens (tertiary/aromatic N) is 5. The van der Waals surface area contributed by atoms with Crippen molar-refractivity contribution in [3.05, 3.63) is 47.7 Å². The van der Waals surface area contributed by atoms with Gasteiger partial charge in [0.15, 0.2) is 4.34 Å². The second-order valence-corrected chi connectivity index (χ2v) is 6.90. The molecule has 0 radical (unpaired) electrons. The minimum Gasteiger partial charge on any atom is -0.294 e. The number of hydrogen-bond donors (Lipinski definition) is 0. The van der Waals surface area contributed by atoms with Crippen molar-refractivity contribution < 1.29 is 0 Å². The van der Waals surface area contributed by atoms with Crippen molar-refractivity contribution in [3.63, 3.8) is 0 Å². The van der Waals surface area contributed by atoms with Crippen LogP contribution in [0.3, 0.4) is 0 Å². The van der Waals surface area contributed by atoms with Gasteiger partial charge in [-0.15, -0.1) is 10.2 Å². The van der Waals surface area contributed by atoms with E-state index in [1.807, 2.05) is 18.2 Å². The van der Waals surface area contributed by atoms with Crippen molar-refractivity contribution in [1.29, 1.82) is 0 Å². The fraction of sp³-hybridized carbons (Fsp3) is 0.0625. The largest absolute Gasteiger partial charge is 0.294 e. The molecule has 0 N–H and O–H groups in total. The maximum atomic E-state index is 4.73. The third-order valence-corrected chi connectivity index (χ3v) is 5.17. The summed E-state index contributed by atoms with van der Waals surface area (Å²) >= 11 is 3.11. The van der Waals surface area contributed by atoms with Gasteiger partial charge in [-0.25, -0.2) is 4.98 Å². The Morgan fingerprint density at radius 1 is 1.22 bits per heavy atom. The molecule has 0 fully saturated rings. The Labute approximate surface area is 140 Å². The molecule has 23 heavy (non-hydrogen) atoms. The first kappa shape index (κ1) is 14.2. The van der Waals surface area contributed by atoms with Gasteiger partial charge in [-0.1, -0.05) is 41.3 Å². The van der Waals surface area contributed by atoms with Gasteiger partial charge in [0, 0.05) is 35.1 Å². The quantitative estimate of drug-likeness (QED) is 0.420. The Morgan fingerprint density at radius 2 is 2.17 bits per heavy atom. The van der Waals surface area contributed by atoms with Gasteiger partial charge in [0.05, 0.1) is 16.7 Å². The highest BCUT2D eigenvalue weighted by Gasteiger charge is 2.11. The minimum atomic E-state index is 0.810. The van der Waals surface area contributed by atoms with E-state index in [0.29, 0.717) is 0 Å². The number of hydrogen-bond acceptors (Lipinski definition) is 7. The molecular weight excluding hydrogens is 326 g/mol. The summed E-state index contributed by atoms with van der Waals surface area (Å²) < 4.78 is 0.901. The lowest BCUT2D eigenvalue weighted by molar-refractivity contribution is 1.01. The maximum absolute atomic E-state index is 4.73. The van der Waals surface area contributed by atoms with Crippen LogP contribution in [0.4, 0.5) is 0 Å². The van der Waals surface area contributed by atoms with Crippen molar-refractivity contribution in [2.24, 2.45) is 4.99 Å². The summed E-state index contributed by atoms with van der Waals surface area (Å²) in [6.45, 7) is 0. The van der Waals surface area contributed by atoms with Crippen molar-refractivity contribution in [2.45, 2.75) is 9.24 Å². The molecule has 3 aromatic heterocycles. The maximum Gasteiger partial charge on any atom is 0.178 e. The summed E-state index contributed by atoms with van der Waals surface area (Å²) in [7, 11) is 1.74. The van der Waals surface area contributed by atoms with Crippen LogP contribution in [-0.2, 0) is 0 Å². The summed E-state index contributed by atoms with van der Waals surface area (Å²) in [6.07, 6.45) is 3.55. The molecule has 0 bridgehead atoms. The van der Waals surface area contributed by atoms with Crippen LogP contribution < -0.4 is 0 Å². The zero-order chi connectivity index (χ0) is 15.6. The SMILES string of the molecule is CN=Cc1cc(Sc2nncs2)c2ccc3cccnc3c2n1. The Balaban J connectivity index is 2.01. The molecule has 0 saturated heterocycles. The summed E-state index contributed by atoms with van der Waals surface area (Å²) in [4.78, 5) is 14.4. The molecule has 0 amide bonds. The predicted molar refractivity (Wildman–Crippen MR) is 94.6 cm³/mol. The Morgan fingerprint density at radius 3 is 3.00 bits per heavy atom. The Hall–Kier alpha value is -2.38. The van der Waals surface area contributed by atoms with Crippen LogP contribution in [0, 0.1) is 0 Å². The van der Waals surface area contributed by atoms with Crippen LogP contribution >= 0.6 is 23.1 Å². The molecule has 112 valence electrons. The topological polar surface area (TPSA) is 63.9 Å². The van der Waals surface area contributed by atoms with E-state index in [-0.39, 0.29) is 0 Å². The average molecular weight is 337 g/mol. The van der Waals surface area contributed by atoms with Crippen molar-refractivity contribution in [1.82, 2.24) is 20.2 Å². The molecule has 0 aliphatic heterocycles. The monoisotopic (exact) mass is 337 g/mol. The second kappa shape index (κ2) is 6.02. The molecule has 3 heterocycles. The molecule has 0 aliphatic carbocycles. The van der Waals surface area contributed by atoms with E-state index in [4.69, 9.17) is 4.98 Å². The lowest BCUT2D eigenvalue weighted by atomic mass is 10.1. The Kier molecular flexibility index (Phi) is 3.72. The predicted octanol–water partition coefficient (Wildman–Crippen LogP) is 3.83. The highest BCUT2D eigenvalue weighted by molar-refractivity contribution is 8.01. The fourth-order valence-electron chi connectivity index (χ4n) is 2.40. The standard InChI is InChI=1S/C16H11N5S2/c1-17-8-11-7-13(23-16-21-19-9-22-16)12-5-4-10-3-2-6-18-14(10)15(12)20-11/h2-9H,1H3. The minimum absolute atomic E-state index is 0.810. The molecule has 0 atom stereocenters. The van der Waals surface area contributed by atoms with Crippen LogP contribution in [0.25, 0.3) is 21.8 Å². The molecule has 7 heteroatoms. The summed E-state index contributed by atoms with van der Waals surface area (Å²) in [5.74, 6) is 0. The van der Waals surface area contributed by atoms with Crippen LogP contribution in [0.2, 0.25) is 0 Å². The van der Waals surface area contributed by atoms with E-state index in [9.17, 15) is 0 Å². The lowest BCUT2D eigenvalue weighted by Crippen LogP contribution is -1.93. The van der Waals surface area contributed by atoms with E-state index >= 15 is 0 Å². The molecule has 1 aromatic carbocycles. The van der Waals surface area contributed by atoms with Crippen LogP contribution in [0.1, 0.15) is 5.69 Å². The van der Waals surface area contributed by atoms with Gasteiger partial charge in [0.25, 0.3) is 0 Å². The number of aliphatic imine (C=N–C) groups is 1. The van der Waals surface area contributed by atoms with E-state index < -0.39 is 0 Å². The number of rotatable bonds is 3. The third kappa shape index (κ3) is 2.69. The zero-order valence-electron chi connectivity index (χ0n) is 12.2. The van der Waals surface area contributed by atoms with Gasteiger partial charge in [-0.3, -0.25) is 9.98 Å². The molecule has 4 rings (SSSR count). The van der Waals surface area contributed by atoms with E-state index in [0.717, 1.165) is 36.7 Å². The van der Waals surface area contributed by atoms with Crippen LogP contribution in [0.5, 0.6) is 0 Å². The number of pyridine rings is 2. The zero-order valence-corrected chi connectivity index (χ0v) is 13.8. The van der Waals surface area contributed by atoms with E-state index in [1.54, 1.807) is 36.7 Å². The molecule has 0 spiro atoms. The normalized spacial score (nSPS) is 11.7. The number of benzene rings is 1. The highest BCUT2D eigenvalue weighted by Crippen LogP contribution is 2.35. The van der Waals surface area contributed by atoms with Gasteiger partial charge in [0.2, 0.25) is 0 Å². The van der Waals surface area contributed by atoms with Gasteiger partial charge >= 0.3 is 0 Å². The molecule has 0 aliphatic rings. The molecule has 0 unspecified atom stereocenters. The van der Waals surface area contributed by atoms with Gasteiger partial charge in [0.1, 0.15) is 5.51 Å². The van der Waals surface area contributed by atoms with Gasteiger partial charge in [-0.2, -0.15) is 0 Å². The first-order chi connectivity index (χ1) is 11.3. The summed E-state index contributed by atoms with van der Waals surface area (Å²) in [5, 5.41) is 10.2. The van der Waals surface area contributed by atoms with E-state index in [2.05, 4.69) is 32.3 Å².